The van der Waals surface area contributed by atoms with Gasteiger partial charge in [-0.3, -0.25) is 43.9 Å². The number of amides is 5. The molecule has 10 N–H and O–H groups in total. The van der Waals surface area contributed by atoms with Crippen LogP contribution in [0.4, 0.5) is 0 Å². The van der Waals surface area contributed by atoms with Crippen LogP contribution in [0.25, 0.3) is 0 Å². The first-order chi connectivity index (χ1) is 70.1. The third kappa shape index (κ3) is 30.5. The second-order valence-corrected chi connectivity index (χ2v) is 46.6. The van der Waals surface area contributed by atoms with Gasteiger partial charge in [0, 0.05) is 93.8 Å². The van der Waals surface area contributed by atoms with E-state index in [0.717, 1.165) is 139 Å². The highest BCUT2D eigenvalue weighted by Gasteiger charge is 2.53. The number of esters is 2. The molecule has 798 valence electrons. The van der Waals surface area contributed by atoms with Gasteiger partial charge in [0.05, 0.1) is 61.4 Å². The summed E-state index contributed by atoms with van der Waals surface area (Å²) in [5.41, 5.74) is 4.20. The predicted molar refractivity (Wildman–Crippen MR) is 564 cm³/mol. The number of aliphatic hydroxyl groups is 1. The standard InChI is InChI=1S/C27H32N4O4S.C21H27N3O5S.C20H25N3O5S.C13H21N3O.C8H7ClO4S.C7H9N.C6H15N.CH2Cl2.CH4O/c32-25(28-19-20-9-3-1-4-10-20)22-13-7-8-14-23(22)36(34,35)31-17-15-27(16-18-31)26(33)29-24(30-27)21-11-5-2-6-12-21;1-29-19(25)16-9-5-6-10-17(16)30(27,28)24-13-11-21(12-14-24)20(26)22-18(23-21)15-7-3-2-4-8-15;24-18(25)15-8-4-5-9-16(15)29(27,28)23-12-10-20(11-13-23)19(26)21-17(22-20)14-6-2-1-3-7-14;17-12-13(6-8-14-9-7-13)16-11(15-12)10-4-2-1-3-5-10;1-13-8(10)6-4-2-3-5-7(6)14(9,11)12;8-6-7-4-2-1-3-5-7;1-4-7(5-2)6-3;2-1-3;1-2/h1,3-4,7-10,13-14,21H,2,5-6,11-12,15-19H2,(H,28,32)(H,29,30,33);5-6,9-10,15H,2-4,7-8,11-14H2,1H3,(H,22,23,26);4-5,8-9,14H,1-3,6-7,10-13H2,(H,24,25)(H,21,22,26);10,14H,1-9H2,(H,15,16,17);2-5H,1H3;1-5H,6,8H2;4-6H2,1-3H3;1H2;2H,1H3. The van der Waals surface area contributed by atoms with Crippen LogP contribution in [-0.2, 0) is 80.9 Å². The maximum Gasteiger partial charge on any atom is 0.339 e. The molecule has 6 aromatic rings. The molecule has 4 spiro atoms. The molecule has 5 amide bonds. The van der Waals surface area contributed by atoms with Gasteiger partial charge in [0.15, 0.2) is 0 Å². The highest BCUT2D eigenvalue weighted by molar-refractivity contribution is 8.13. The number of carboxylic acids is 1. The van der Waals surface area contributed by atoms with E-state index in [4.69, 9.17) is 69.4 Å². The summed E-state index contributed by atoms with van der Waals surface area (Å²) in [6.45, 7) is 13.9. The molecule has 42 heteroatoms. The van der Waals surface area contributed by atoms with Crippen molar-refractivity contribution in [2.24, 2.45) is 49.4 Å². The van der Waals surface area contributed by atoms with Crippen LogP contribution >= 0.6 is 33.9 Å². The Hall–Kier alpha value is -9.85. The van der Waals surface area contributed by atoms with Gasteiger partial charge in [-0.05, 0) is 195 Å². The molecule has 8 fully saturated rings. The molecular weight excluding hydrogens is 2010 g/mol. The van der Waals surface area contributed by atoms with Crippen LogP contribution in [0, 0.1) is 23.7 Å². The Kier molecular flexibility index (Phi) is 45.4. The van der Waals surface area contributed by atoms with Crippen molar-refractivity contribution in [3.05, 3.63) is 191 Å². The molecule has 0 radical (unpaired) electrons. The molecule has 6 aromatic carbocycles. The maximum absolute atomic E-state index is 13.6. The zero-order valence-electron chi connectivity index (χ0n) is 84.2. The van der Waals surface area contributed by atoms with Gasteiger partial charge < -0.3 is 62.2 Å². The van der Waals surface area contributed by atoms with Crippen molar-refractivity contribution in [3.8, 4) is 0 Å². The van der Waals surface area contributed by atoms with Crippen LogP contribution in [-0.4, -0.2) is 253 Å². The minimum atomic E-state index is -3.96. The Bertz CT molecular complexity index is 6010. The van der Waals surface area contributed by atoms with Crippen LogP contribution in [0.5, 0.6) is 0 Å². The highest BCUT2D eigenvalue weighted by Crippen LogP contribution is 2.42. The third-order valence-electron chi connectivity index (χ3n) is 28.7. The van der Waals surface area contributed by atoms with Crippen LogP contribution in [0.2, 0.25) is 0 Å². The van der Waals surface area contributed by atoms with Gasteiger partial charge in [0.25, 0.3) is 38.6 Å². The number of ether oxygens (including phenoxy) is 2. The first-order valence-corrected chi connectivity index (χ1v) is 58.2. The molecule has 4 saturated carbocycles. The molecule has 0 atom stereocenters. The fraction of sp³-hybridized carbons (Fsp3) is 0.538. The van der Waals surface area contributed by atoms with E-state index in [2.05, 4.69) is 62.3 Å². The van der Waals surface area contributed by atoms with Crippen molar-refractivity contribution in [1.29, 1.82) is 0 Å². The number of hydrogen-bond acceptors (Lipinski definition) is 26. The Balaban J connectivity index is 0.000000183. The van der Waals surface area contributed by atoms with E-state index >= 15 is 0 Å². The van der Waals surface area contributed by atoms with E-state index in [-0.39, 0.29) is 116 Å². The van der Waals surface area contributed by atoms with Crippen LogP contribution in [0.15, 0.2) is 197 Å². The fourth-order valence-electron chi connectivity index (χ4n) is 20.2. The summed E-state index contributed by atoms with van der Waals surface area (Å²) in [5, 5.41) is 34.7. The molecular formula is C104H142Cl3N15O20S4. The molecule has 4 aliphatic carbocycles. The van der Waals surface area contributed by atoms with E-state index in [1.54, 1.807) is 24.3 Å². The van der Waals surface area contributed by atoms with Gasteiger partial charge in [-0.1, -0.05) is 207 Å². The van der Waals surface area contributed by atoms with Crippen molar-refractivity contribution in [3.63, 3.8) is 0 Å². The minimum absolute atomic E-state index is 0.0106. The monoisotopic (exact) mass is 2150 g/mol. The van der Waals surface area contributed by atoms with Gasteiger partial charge >= 0.3 is 17.9 Å². The number of benzene rings is 6. The Morgan fingerprint density at radius 2 is 0.664 bits per heavy atom. The van der Waals surface area contributed by atoms with E-state index in [9.17, 15) is 77.1 Å². The number of carboxylic acid groups (broad SMARTS) is 1. The Labute approximate surface area is 873 Å². The number of hydrogen-bond donors (Lipinski definition) is 9. The lowest BCUT2D eigenvalue weighted by Crippen LogP contribution is -2.50. The number of amidine groups is 4. The summed E-state index contributed by atoms with van der Waals surface area (Å²) >= 11 is 9.53. The zero-order chi connectivity index (χ0) is 106. The van der Waals surface area contributed by atoms with Gasteiger partial charge in [-0.25, -0.2) is 48.1 Å². The molecule has 12 aliphatic rings. The van der Waals surface area contributed by atoms with Crippen molar-refractivity contribution < 1.29 is 91.7 Å². The Morgan fingerprint density at radius 1 is 0.404 bits per heavy atom. The summed E-state index contributed by atoms with van der Waals surface area (Å²) in [5.74, 6) is 1.38. The first-order valence-electron chi connectivity index (χ1n) is 50.5. The quantitative estimate of drug-likeness (QED) is 0.0184. The average molecular weight is 2160 g/mol. The molecule has 4 saturated heterocycles. The molecule has 0 bridgehead atoms. The van der Waals surface area contributed by atoms with Gasteiger partial charge in [-0.2, -0.15) is 12.9 Å². The Morgan fingerprint density at radius 3 is 0.945 bits per heavy atom. The van der Waals surface area contributed by atoms with Crippen LogP contribution in [0.1, 0.15) is 253 Å². The number of carbonyl (C=O) groups excluding carboxylic acids is 7. The summed E-state index contributed by atoms with van der Waals surface area (Å²) in [7, 11) is -7.18. The third-order valence-corrected chi connectivity index (χ3v) is 36.0. The van der Waals surface area contributed by atoms with Gasteiger partial charge in [0.2, 0.25) is 30.1 Å². The predicted octanol–water partition coefficient (Wildman–Crippen LogP) is 13.5. The number of nitrogens with zero attached hydrogens (tertiary/aromatic N) is 8. The summed E-state index contributed by atoms with van der Waals surface area (Å²) in [4.78, 5) is 119. The minimum Gasteiger partial charge on any atom is -0.478 e. The molecule has 18 rings (SSSR count). The SMILES string of the molecule is CCN(CC)CC.CO.COC(=O)c1ccccc1S(=O)(=O)Cl.COC(=O)c1ccccc1S(=O)(=O)N1CCC2(CC1)N=C(C1CCCCC1)NC2=O.ClCCl.NCc1ccccc1.O=C(NCc1ccccc1)c1ccccc1S(=O)(=O)N1CCC2(CC1)N=C(C1CCCCC1)NC2=O.O=C(O)c1ccccc1S(=O)(=O)N1CCC2(CC1)N=C(C1CCCCC1)NC2=O.O=C1NC(C2CCCCC2)=NC12CCNCC2. The summed E-state index contributed by atoms with van der Waals surface area (Å²) in [6.07, 6.45) is 26.7. The number of aliphatic hydroxyl groups excluding tert-OH is 1. The average Bonchev–Trinajstić information content (AvgIpc) is 1.45. The van der Waals surface area contributed by atoms with E-state index in [1.165, 1.54) is 176 Å². The van der Waals surface area contributed by atoms with Crippen LogP contribution < -0.4 is 37.6 Å². The van der Waals surface area contributed by atoms with Crippen LogP contribution in [0.3, 0.4) is 0 Å². The number of aromatic carboxylic acids is 1. The van der Waals surface area contributed by atoms with Gasteiger partial charge in [0.1, 0.15) is 45.5 Å². The summed E-state index contributed by atoms with van der Waals surface area (Å²) in [6, 6.07) is 42.9. The maximum atomic E-state index is 13.6. The molecule has 35 nitrogen and oxygen atoms in total. The topological polar surface area (TPSA) is 493 Å². The number of nitrogens with one attached hydrogen (secondary N) is 6. The zero-order valence-corrected chi connectivity index (χ0v) is 89.7. The number of rotatable bonds is 21. The van der Waals surface area contributed by atoms with E-state index in [0.29, 0.717) is 69.4 Å². The van der Waals surface area contributed by atoms with Crippen molar-refractivity contribution >= 4 is 144 Å². The normalized spacial score (nSPS) is 19.9. The summed E-state index contributed by atoms with van der Waals surface area (Å²) < 4.78 is 115. The van der Waals surface area contributed by atoms with E-state index < -0.39 is 85.1 Å². The van der Waals surface area contributed by atoms with Crippen molar-refractivity contribution in [2.75, 3.05) is 98.7 Å². The number of sulfonamides is 3. The van der Waals surface area contributed by atoms with Crippen molar-refractivity contribution in [2.45, 2.75) is 255 Å². The van der Waals surface area contributed by atoms with Crippen molar-refractivity contribution in [1.82, 2.24) is 49.7 Å². The largest absolute Gasteiger partial charge is 0.478 e. The number of nitrogens with two attached hydrogens (primary N) is 1. The second-order valence-electron chi connectivity index (χ2n) is 37.5. The molecule has 146 heavy (non-hydrogen) atoms. The lowest BCUT2D eigenvalue weighted by atomic mass is 9.88. The lowest BCUT2D eigenvalue weighted by Gasteiger charge is -2.35. The fourth-order valence-corrected chi connectivity index (χ4v) is 26.1. The number of halogens is 3. The molecule has 0 aromatic heterocycles. The second kappa shape index (κ2) is 56.1. The number of aliphatic imine (C=N–C) groups is 4. The van der Waals surface area contributed by atoms with E-state index in [1.807, 2.05) is 60.7 Å². The molecule has 8 heterocycles. The molecule has 0 unspecified atom stereocenters. The number of piperidine rings is 4. The lowest BCUT2D eigenvalue weighted by molar-refractivity contribution is -0.125. The smallest absolute Gasteiger partial charge is 0.339 e. The highest BCUT2D eigenvalue weighted by atomic mass is 35.7. The first kappa shape index (κ1) is 118. The number of alkyl halides is 2. The number of carbonyl (C=O) groups is 8. The van der Waals surface area contributed by atoms with Gasteiger partial charge in [-0.15, -0.1) is 23.2 Å². The molecule has 8 aliphatic heterocycles. The number of methoxy groups -OCH3 is 2.